The minimum Gasteiger partial charge on any atom is -0.315 e. The minimum absolute atomic E-state index is 0.513. The Morgan fingerprint density at radius 1 is 1.14 bits per heavy atom. The van der Waals surface area contributed by atoms with Crippen LogP contribution < -0.4 is 5.32 Å². The second-order valence-electron chi connectivity index (χ2n) is 8.25. The number of nitrogens with zero attached hydrogens (tertiary/aromatic N) is 1. The van der Waals surface area contributed by atoms with Crippen LogP contribution in [0.25, 0.3) is 0 Å². The molecule has 2 aliphatic rings. The number of likely N-dealkylation sites (N-methyl/N-ethyl adjacent to an activating group) is 1. The predicted octanol–water partition coefficient (Wildman–Crippen LogP) is 4.30. The summed E-state index contributed by atoms with van der Waals surface area (Å²) in [5.41, 5.74) is 0.513. The van der Waals surface area contributed by atoms with Crippen molar-refractivity contribution in [2.24, 2.45) is 17.3 Å². The maximum absolute atomic E-state index is 3.63. The molecule has 2 heteroatoms. The Kier molecular flexibility index (Phi) is 6.14. The van der Waals surface area contributed by atoms with Gasteiger partial charge in [-0.3, -0.25) is 4.90 Å². The zero-order chi connectivity index (χ0) is 15.5. The van der Waals surface area contributed by atoms with Crippen molar-refractivity contribution in [3.05, 3.63) is 0 Å². The molecule has 1 aliphatic heterocycles. The molecular formula is C19H38N2. The van der Waals surface area contributed by atoms with Crippen LogP contribution in [0.3, 0.4) is 0 Å². The Balaban J connectivity index is 2.00. The molecule has 1 saturated carbocycles. The fourth-order valence-corrected chi connectivity index (χ4v) is 4.69. The van der Waals surface area contributed by atoms with Crippen LogP contribution in [0.4, 0.5) is 0 Å². The lowest BCUT2D eigenvalue weighted by Crippen LogP contribution is -2.53. The Labute approximate surface area is 133 Å². The van der Waals surface area contributed by atoms with Crippen molar-refractivity contribution in [2.75, 3.05) is 20.1 Å². The molecule has 4 atom stereocenters. The summed E-state index contributed by atoms with van der Waals surface area (Å²) in [6.07, 6.45) is 9.71. The Bertz CT molecular complexity index is 313. The largest absolute Gasteiger partial charge is 0.315 e. The third-order valence-electron chi connectivity index (χ3n) is 6.69. The molecule has 2 rings (SSSR count). The van der Waals surface area contributed by atoms with Crippen LogP contribution in [0.2, 0.25) is 0 Å². The number of nitrogens with one attached hydrogen (secondary N) is 1. The van der Waals surface area contributed by atoms with Gasteiger partial charge in [0.2, 0.25) is 0 Å². The Morgan fingerprint density at radius 2 is 1.90 bits per heavy atom. The molecule has 124 valence electrons. The van der Waals surface area contributed by atoms with Gasteiger partial charge in [0, 0.05) is 18.6 Å². The van der Waals surface area contributed by atoms with E-state index < -0.39 is 0 Å². The Morgan fingerprint density at radius 3 is 2.52 bits per heavy atom. The van der Waals surface area contributed by atoms with E-state index >= 15 is 0 Å². The quantitative estimate of drug-likeness (QED) is 0.785. The SMILES string of the molecule is CCCC1CCN(C2CC(C(C)(C)CC)CCC2NC)C1. The standard InChI is InChI=1S/C19H38N2/c1-6-8-15-11-12-21(14-15)18-13-16(19(3,4)7-2)9-10-17(18)20-5/h15-18,20H,6-14H2,1-5H3. The van der Waals surface area contributed by atoms with E-state index in [9.17, 15) is 0 Å². The fraction of sp³-hybridized carbons (Fsp3) is 1.00. The van der Waals surface area contributed by atoms with Gasteiger partial charge < -0.3 is 5.32 Å². The van der Waals surface area contributed by atoms with Gasteiger partial charge in [-0.2, -0.15) is 0 Å². The first-order valence-corrected chi connectivity index (χ1v) is 9.43. The number of rotatable bonds is 6. The average Bonchev–Trinajstić information content (AvgIpc) is 2.95. The monoisotopic (exact) mass is 294 g/mol. The molecule has 0 amide bonds. The molecule has 0 aromatic carbocycles. The molecule has 0 radical (unpaired) electrons. The van der Waals surface area contributed by atoms with Crippen LogP contribution in [-0.4, -0.2) is 37.1 Å². The van der Waals surface area contributed by atoms with E-state index in [0.29, 0.717) is 11.5 Å². The molecule has 0 bridgehead atoms. The normalized spacial score (nSPS) is 35.3. The lowest BCUT2D eigenvalue weighted by atomic mass is 9.67. The second-order valence-corrected chi connectivity index (χ2v) is 8.25. The van der Waals surface area contributed by atoms with Gasteiger partial charge in [0.1, 0.15) is 0 Å². The molecule has 2 nitrogen and oxygen atoms in total. The van der Waals surface area contributed by atoms with Gasteiger partial charge in [-0.15, -0.1) is 0 Å². The molecular weight excluding hydrogens is 256 g/mol. The molecule has 21 heavy (non-hydrogen) atoms. The lowest BCUT2D eigenvalue weighted by Gasteiger charge is -2.46. The first kappa shape index (κ1) is 17.3. The summed E-state index contributed by atoms with van der Waals surface area (Å²) in [6, 6.07) is 1.50. The van der Waals surface area contributed by atoms with Crippen molar-refractivity contribution in [3.8, 4) is 0 Å². The van der Waals surface area contributed by atoms with Crippen molar-refractivity contribution in [3.63, 3.8) is 0 Å². The summed E-state index contributed by atoms with van der Waals surface area (Å²) in [7, 11) is 2.17. The number of likely N-dealkylation sites (tertiary alicyclic amines) is 1. The zero-order valence-corrected chi connectivity index (χ0v) is 15.1. The van der Waals surface area contributed by atoms with Crippen LogP contribution in [0.5, 0.6) is 0 Å². The van der Waals surface area contributed by atoms with Gasteiger partial charge in [0.15, 0.2) is 0 Å². The van der Waals surface area contributed by atoms with Crippen molar-refractivity contribution in [1.29, 1.82) is 0 Å². The summed E-state index contributed by atoms with van der Waals surface area (Å²) in [6.45, 7) is 12.4. The highest BCUT2D eigenvalue weighted by molar-refractivity contribution is 4.96. The molecule has 0 spiro atoms. The van der Waals surface area contributed by atoms with Crippen LogP contribution in [0, 0.1) is 17.3 Å². The van der Waals surface area contributed by atoms with Crippen molar-refractivity contribution in [1.82, 2.24) is 10.2 Å². The first-order valence-electron chi connectivity index (χ1n) is 9.43. The van der Waals surface area contributed by atoms with Gasteiger partial charge in [0.05, 0.1) is 0 Å². The summed E-state index contributed by atoms with van der Waals surface area (Å²) in [5.74, 6) is 1.87. The molecule has 1 N–H and O–H groups in total. The summed E-state index contributed by atoms with van der Waals surface area (Å²) in [5, 5.41) is 3.63. The van der Waals surface area contributed by atoms with E-state index in [1.54, 1.807) is 0 Å². The topological polar surface area (TPSA) is 15.3 Å². The highest BCUT2D eigenvalue weighted by Gasteiger charge is 2.40. The second kappa shape index (κ2) is 7.46. The maximum Gasteiger partial charge on any atom is 0.0252 e. The molecule has 0 aromatic rings. The number of hydrogen-bond acceptors (Lipinski definition) is 2. The molecule has 4 unspecified atom stereocenters. The van der Waals surface area contributed by atoms with E-state index in [4.69, 9.17) is 0 Å². The molecule has 0 aromatic heterocycles. The first-order chi connectivity index (χ1) is 10.0. The summed E-state index contributed by atoms with van der Waals surface area (Å²) < 4.78 is 0. The van der Waals surface area contributed by atoms with Gasteiger partial charge >= 0.3 is 0 Å². The molecule has 1 saturated heterocycles. The van der Waals surface area contributed by atoms with E-state index in [2.05, 4.69) is 45.0 Å². The van der Waals surface area contributed by atoms with Crippen molar-refractivity contribution in [2.45, 2.75) is 84.7 Å². The molecule has 1 heterocycles. The zero-order valence-electron chi connectivity index (χ0n) is 15.1. The van der Waals surface area contributed by atoms with E-state index in [-0.39, 0.29) is 0 Å². The van der Waals surface area contributed by atoms with Gasteiger partial charge in [-0.25, -0.2) is 0 Å². The molecule has 1 aliphatic carbocycles. The number of hydrogen-bond donors (Lipinski definition) is 1. The average molecular weight is 295 g/mol. The minimum atomic E-state index is 0.513. The molecule has 2 fully saturated rings. The van der Waals surface area contributed by atoms with Crippen molar-refractivity contribution < 1.29 is 0 Å². The fourth-order valence-electron chi connectivity index (χ4n) is 4.69. The maximum atomic E-state index is 3.63. The third-order valence-corrected chi connectivity index (χ3v) is 6.69. The van der Waals surface area contributed by atoms with Crippen LogP contribution >= 0.6 is 0 Å². The van der Waals surface area contributed by atoms with E-state index in [1.165, 1.54) is 58.0 Å². The Hall–Kier alpha value is -0.0800. The van der Waals surface area contributed by atoms with Crippen LogP contribution in [0.15, 0.2) is 0 Å². The van der Waals surface area contributed by atoms with Crippen LogP contribution in [0.1, 0.15) is 72.6 Å². The van der Waals surface area contributed by atoms with Gasteiger partial charge in [-0.05, 0) is 62.9 Å². The highest BCUT2D eigenvalue weighted by atomic mass is 15.2. The van der Waals surface area contributed by atoms with Crippen LogP contribution in [-0.2, 0) is 0 Å². The predicted molar refractivity (Wildman–Crippen MR) is 92.6 cm³/mol. The van der Waals surface area contributed by atoms with Crippen molar-refractivity contribution >= 4 is 0 Å². The van der Waals surface area contributed by atoms with Gasteiger partial charge in [-0.1, -0.05) is 40.5 Å². The lowest BCUT2D eigenvalue weighted by molar-refractivity contribution is 0.0616. The van der Waals surface area contributed by atoms with E-state index in [1.807, 2.05) is 0 Å². The summed E-state index contributed by atoms with van der Waals surface area (Å²) >= 11 is 0. The summed E-state index contributed by atoms with van der Waals surface area (Å²) in [4.78, 5) is 2.83. The van der Waals surface area contributed by atoms with Gasteiger partial charge in [0.25, 0.3) is 0 Å². The highest BCUT2D eigenvalue weighted by Crippen LogP contribution is 2.42. The smallest absolute Gasteiger partial charge is 0.0252 e. The third kappa shape index (κ3) is 4.01. The van der Waals surface area contributed by atoms with E-state index in [0.717, 1.165) is 17.9 Å².